The fourth-order valence-electron chi connectivity index (χ4n) is 3.56. The monoisotopic (exact) mass is 405 g/mol. The SMILES string of the molecule is CCOc1ncccc1C(C)(C)CCc1cc(NCc2cc[nH]n2)c2n[nH]cc2n1. The van der Waals surface area contributed by atoms with Crippen molar-refractivity contribution in [3.8, 4) is 5.88 Å². The van der Waals surface area contributed by atoms with Crippen LogP contribution in [0.2, 0.25) is 0 Å². The molecule has 30 heavy (non-hydrogen) atoms. The first-order chi connectivity index (χ1) is 14.6. The highest BCUT2D eigenvalue weighted by Crippen LogP contribution is 2.34. The van der Waals surface area contributed by atoms with E-state index in [-0.39, 0.29) is 5.41 Å². The average Bonchev–Trinajstić information content (AvgIpc) is 3.43. The van der Waals surface area contributed by atoms with E-state index in [9.17, 15) is 0 Å². The van der Waals surface area contributed by atoms with Gasteiger partial charge in [-0.1, -0.05) is 19.9 Å². The van der Waals surface area contributed by atoms with Crippen LogP contribution in [0, 0.1) is 0 Å². The molecular weight excluding hydrogens is 378 g/mol. The third kappa shape index (κ3) is 4.27. The normalized spacial score (nSPS) is 11.7. The van der Waals surface area contributed by atoms with Crippen LogP contribution in [-0.2, 0) is 18.4 Å². The second-order valence-electron chi connectivity index (χ2n) is 7.87. The van der Waals surface area contributed by atoms with Crippen molar-refractivity contribution in [3.63, 3.8) is 0 Å². The maximum absolute atomic E-state index is 5.75. The van der Waals surface area contributed by atoms with Gasteiger partial charge in [0, 0.05) is 29.8 Å². The molecule has 0 aliphatic rings. The quantitative estimate of drug-likeness (QED) is 0.389. The predicted octanol–water partition coefficient (Wildman–Crippen LogP) is 4.00. The van der Waals surface area contributed by atoms with E-state index in [0.717, 1.165) is 46.5 Å². The van der Waals surface area contributed by atoms with E-state index in [1.807, 2.05) is 31.5 Å². The number of aromatic nitrogens is 6. The molecule has 0 amide bonds. The molecule has 0 atom stereocenters. The molecular formula is C22H27N7O. The third-order valence-corrected chi connectivity index (χ3v) is 5.26. The molecule has 0 fully saturated rings. The van der Waals surface area contributed by atoms with Crippen LogP contribution in [0.5, 0.6) is 5.88 Å². The topological polar surface area (TPSA) is 104 Å². The molecule has 156 valence electrons. The van der Waals surface area contributed by atoms with Crippen molar-refractivity contribution in [1.82, 2.24) is 30.4 Å². The van der Waals surface area contributed by atoms with E-state index in [2.05, 4.69) is 56.7 Å². The molecule has 0 aliphatic heterocycles. The van der Waals surface area contributed by atoms with Crippen LogP contribution in [0.3, 0.4) is 0 Å². The van der Waals surface area contributed by atoms with E-state index in [0.29, 0.717) is 19.0 Å². The lowest BCUT2D eigenvalue weighted by Crippen LogP contribution is -2.20. The minimum Gasteiger partial charge on any atom is -0.478 e. The summed E-state index contributed by atoms with van der Waals surface area (Å²) in [5.41, 5.74) is 5.61. The Labute approximate surface area is 175 Å². The largest absolute Gasteiger partial charge is 0.478 e. The molecule has 0 aromatic carbocycles. The lowest BCUT2D eigenvalue weighted by Gasteiger charge is -2.26. The number of hydrogen-bond acceptors (Lipinski definition) is 6. The van der Waals surface area contributed by atoms with Crippen molar-refractivity contribution in [3.05, 3.63) is 59.8 Å². The molecule has 4 aromatic heterocycles. The number of H-pyrrole nitrogens is 2. The van der Waals surface area contributed by atoms with Crippen molar-refractivity contribution >= 4 is 16.7 Å². The summed E-state index contributed by atoms with van der Waals surface area (Å²) in [6.07, 6.45) is 7.16. The highest BCUT2D eigenvalue weighted by molar-refractivity contribution is 5.87. The Kier molecular flexibility index (Phi) is 5.65. The molecule has 8 heteroatoms. The number of ether oxygens (including phenoxy) is 1. The summed E-state index contributed by atoms with van der Waals surface area (Å²) in [7, 11) is 0. The molecule has 8 nitrogen and oxygen atoms in total. The van der Waals surface area contributed by atoms with Crippen LogP contribution in [0.15, 0.2) is 42.9 Å². The Morgan fingerprint density at radius 3 is 2.83 bits per heavy atom. The van der Waals surface area contributed by atoms with E-state index < -0.39 is 0 Å². The molecule has 0 aliphatic carbocycles. The molecule has 0 saturated heterocycles. The standard InChI is InChI=1S/C22H27N7O/c1-4-30-21-17(6-5-10-23-21)22(2,3)9-7-15-12-18(20-19(27-15)14-26-29-20)24-13-16-8-11-25-28-16/h5-6,8,10-12,14H,4,7,9,13H2,1-3H3,(H,24,27)(H,25,28)(H,26,29). The second-order valence-corrected chi connectivity index (χ2v) is 7.87. The van der Waals surface area contributed by atoms with Gasteiger partial charge >= 0.3 is 0 Å². The Hall–Kier alpha value is -3.42. The van der Waals surface area contributed by atoms with Gasteiger partial charge in [-0.2, -0.15) is 10.2 Å². The molecule has 3 N–H and O–H groups in total. The molecule has 4 heterocycles. The van der Waals surface area contributed by atoms with Crippen LogP contribution in [0.4, 0.5) is 5.69 Å². The van der Waals surface area contributed by atoms with E-state index >= 15 is 0 Å². The van der Waals surface area contributed by atoms with Gasteiger partial charge in [0.1, 0.15) is 11.0 Å². The first kappa shape index (κ1) is 19.9. The zero-order chi connectivity index (χ0) is 21.0. The fourth-order valence-corrected chi connectivity index (χ4v) is 3.56. The smallest absolute Gasteiger partial charge is 0.217 e. The first-order valence-electron chi connectivity index (χ1n) is 10.2. The molecule has 0 saturated carbocycles. The zero-order valence-corrected chi connectivity index (χ0v) is 17.6. The van der Waals surface area contributed by atoms with Gasteiger partial charge in [-0.15, -0.1) is 0 Å². The molecule has 0 spiro atoms. The van der Waals surface area contributed by atoms with E-state index in [4.69, 9.17) is 9.72 Å². The van der Waals surface area contributed by atoms with Gasteiger partial charge in [-0.05, 0) is 43.4 Å². The highest BCUT2D eigenvalue weighted by atomic mass is 16.5. The van der Waals surface area contributed by atoms with Crippen molar-refractivity contribution in [1.29, 1.82) is 0 Å². The summed E-state index contributed by atoms with van der Waals surface area (Å²) in [6.45, 7) is 7.64. The number of hydrogen-bond donors (Lipinski definition) is 3. The number of aryl methyl sites for hydroxylation is 1. The predicted molar refractivity (Wildman–Crippen MR) is 117 cm³/mol. The van der Waals surface area contributed by atoms with Gasteiger partial charge in [-0.3, -0.25) is 10.2 Å². The minimum absolute atomic E-state index is 0.103. The van der Waals surface area contributed by atoms with Crippen molar-refractivity contribution in [2.75, 3.05) is 11.9 Å². The van der Waals surface area contributed by atoms with Gasteiger partial charge < -0.3 is 10.1 Å². The van der Waals surface area contributed by atoms with Crippen LogP contribution >= 0.6 is 0 Å². The van der Waals surface area contributed by atoms with Crippen LogP contribution in [0.25, 0.3) is 11.0 Å². The summed E-state index contributed by atoms with van der Waals surface area (Å²) >= 11 is 0. The fraction of sp³-hybridized carbons (Fsp3) is 0.364. The summed E-state index contributed by atoms with van der Waals surface area (Å²) in [6, 6.07) is 8.09. The Bertz CT molecular complexity index is 1100. The first-order valence-corrected chi connectivity index (χ1v) is 10.2. The van der Waals surface area contributed by atoms with Gasteiger partial charge in [0.05, 0.1) is 24.5 Å². The van der Waals surface area contributed by atoms with Crippen LogP contribution in [0.1, 0.15) is 44.1 Å². The number of nitrogens with one attached hydrogen (secondary N) is 3. The number of fused-ring (bicyclic) bond motifs is 1. The maximum atomic E-state index is 5.75. The molecule has 0 bridgehead atoms. The highest BCUT2D eigenvalue weighted by Gasteiger charge is 2.25. The van der Waals surface area contributed by atoms with Crippen molar-refractivity contribution in [2.24, 2.45) is 0 Å². The number of pyridine rings is 2. The Morgan fingerprint density at radius 2 is 2.03 bits per heavy atom. The third-order valence-electron chi connectivity index (χ3n) is 5.26. The van der Waals surface area contributed by atoms with Gasteiger partial charge in [-0.25, -0.2) is 9.97 Å². The molecule has 4 aromatic rings. The number of aromatic amines is 2. The zero-order valence-electron chi connectivity index (χ0n) is 17.6. The Morgan fingerprint density at radius 1 is 1.13 bits per heavy atom. The summed E-state index contributed by atoms with van der Waals surface area (Å²) in [5, 5.41) is 17.7. The number of nitrogens with zero attached hydrogens (tertiary/aromatic N) is 4. The van der Waals surface area contributed by atoms with Crippen LogP contribution in [-0.4, -0.2) is 37.0 Å². The molecule has 0 unspecified atom stereocenters. The van der Waals surface area contributed by atoms with Gasteiger partial charge in [0.2, 0.25) is 5.88 Å². The maximum Gasteiger partial charge on any atom is 0.217 e. The van der Waals surface area contributed by atoms with Crippen molar-refractivity contribution in [2.45, 2.75) is 45.6 Å². The second kappa shape index (κ2) is 8.52. The van der Waals surface area contributed by atoms with E-state index in [1.165, 1.54) is 0 Å². The summed E-state index contributed by atoms with van der Waals surface area (Å²) in [4.78, 5) is 9.21. The number of rotatable bonds is 9. The lowest BCUT2D eigenvalue weighted by atomic mass is 9.80. The van der Waals surface area contributed by atoms with E-state index in [1.54, 1.807) is 6.20 Å². The van der Waals surface area contributed by atoms with Gasteiger partial charge in [0.15, 0.2) is 0 Å². The molecule has 4 rings (SSSR count). The summed E-state index contributed by atoms with van der Waals surface area (Å²) in [5.74, 6) is 0.713. The van der Waals surface area contributed by atoms with Crippen molar-refractivity contribution < 1.29 is 4.74 Å². The molecule has 0 radical (unpaired) electrons. The van der Waals surface area contributed by atoms with Crippen LogP contribution < -0.4 is 10.1 Å². The summed E-state index contributed by atoms with van der Waals surface area (Å²) < 4.78 is 5.75. The Balaban J connectivity index is 1.53. The average molecular weight is 406 g/mol. The minimum atomic E-state index is -0.103. The van der Waals surface area contributed by atoms with Gasteiger partial charge in [0.25, 0.3) is 0 Å². The number of anilines is 1. The lowest BCUT2D eigenvalue weighted by molar-refractivity contribution is 0.311.